The second-order valence-electron chi connectivity index (χ2n) is 6.54. The second kappa shape index (κ2) is 6.09. The summed E-state index contributed by atoms with van der Waals surface area (Å²) in [6, 6.07) is 6.80. The highest BCUT2D eigenvalue weighted by Crippen LogP contribution is 2.30. The summed E-state index contributed by atoms with van der Waals surface area (Å²) in [5, 5.41) is 9.31. The van der Waals surface area contributed by atoms with Crippen molar-refractivity contribution < 1.29 is 4.79 Å². The maximum Gasteiger partial charge on any atom is 0.274 e. The molecule has 6 heteroatoms. The molecule has 2 atom stereocenters. The van der Waals surface area contributed by atoms with Gasteiger partial charge in [0.25, 0.3) is 5.91 Å². The van der Waals surface area contributed by atoms with Gasteiger partial charge in [-0.2, -0.15) is 5.10 Å². The number of hydrogen-bond donors (Lipinski definition) is 1. The third kappa shape index (κ3) is 2.70. The van der Waals surface area contributed by atoms with Crippen molar-refractivity contribution in [3.63, 3.8) is 0 Å². The number of carbonyl (C=O) groups is 1. The molecular formula is C17H22N4OS. The first-order valence-corrected chi connectivity index (χ1v) is 9.22. The third-order valence-corrected chi connectivity index (χ3v) is 6.07. The van der Waals surface area contributed by atoms with Gasteiger partial charge in [0.15, 0.2) is 5.69 Å². The molecule has 1 N–H and O–H groups in total. The van der Waals surface area contributed by atoms with Crippen molar-refractivity contribution in [2.75, 3.05) is 20.1 Å². The van der Waals surface area contributed by atoms with Crippen LogP contribution in [0.5, 0.6) is 0 Å². The largest absolute Gasteiger partial charge is 0.333 e. The van der Waals surface area contributed by atoms with Gasteiger partial charge < -0.3 is 9.80 Å². The van der Waals surface area contributed by atoms with Gasteiger partial charge in [-0.1, -0.05) is 6.07 Å². The molecule has 2 aromatic rings. The van der Waals surface area contributed by atoms with Gasteiger partial charge in [-0.05, 0) is 56.8 Å². The van der Waals surface area contributed by atoms with E-state index in [4.69, 9.17) is 0 Å². The van der Waals surface area contributed by atoms with Gasteiger partial charge in [0.05, 0.1) is 10.6 Å². The molecule has 0 bridgehead atoms. The molecule has 0 aliphatic carbocycles. The summed E-state index contributed by atoms with van der Waals surface area (Å²) in [6.45, 7) is 2.00. The molecule has 2 fully saturated rings. The summed E-state index contributed by atoms with van der Waals surface area (Å²) in [4.78, 5) is 18.5. The number of hydrogen-bond acceptors (Lipinski definition) is 4. The standard InChI is InChI=1S/C17H22N4OS/c1-20-8-2-5-14(20)15-6-3-9-21(15)17(22)13-11-12(18-19-13)16-7-4-10-23-16/h4,7,10-11,14-15H,2-3,5-6,8-9H2,1H3,(H,18,19)/t14-,15+/m1/s1. The summed E-state index contributed by atoms with van der Waals surface area (Å²) in [5.74, 6) is 0.0758. The number of rotatable bonds is 3. The summed E-state index contributed by atoms with van der Waals surface area (Å²) >= 11 is 1.65. The average Bonchev–Trinajstić information content (AvgIpc) is 3.31. The highest BCUT2D eigenvalue weighted by molar-refractivity contribution is 7.13. The minimum atomic E-state index is 0.0758. The number of carbonyl (C=O) groups excluding carboxylic acids is 1. The molecule has 0 unspecified atom stereocenters. The first-order chi connectivity index (χ1) is 11.2. The number of amides is 1. The third-order valence-electron chi connectivity index (χ3n) is 5.16. The number of nitrogens with zero attached hydrogens (tertiary/aromatic N) is 3. The van der Waals surface area contributed by atoms with E-state index >= 15 is 0 Å². The van der Waals surface area contributed by atoms with E-state index in [0.29, 0.717) is 17.8 Å². The quantitative estimate of drug-likeness (QED) is 0.941. The average molecular weight is 330 g/mol. The summed E-state index contributed by atoms with van der Waals surface area (Å²) in [6.07, 6.45) is 4.66. The fourth-order valence-electron chi connectivity index (χ4n) is 4.00. The van der Waals surface area contributed by atoms with Gasteiger partial charge in [-0.3, -0.25) is 9.89 Å². The van der Waals surface area contributed by atoms with Crippen molar-refractivity contribution >= 4 is 17.2 Å². The topological polar surface area (TPSA) is 52.2 Å². The number of nitrogens with one attached hydrogen (secondary N) is 1. The van der Waals surface area contributed by atoms with Crippen LogP contribution in [0.4, 0.5) is 0 Å². The molecule has 2 saturated heterocycles. The van der Waals surface area contributed by atoms with Gasteiger partial charge >= 0.3 is 0 Å². The van der Waals surface area contributed by atoms with E-state index in [0.717, 1.165) is 36.5 Å². The fraction of sp³-hybridized carbons (Fsp3) is 0.529. The highest BCUT2D eigenvalue weighted by Gasteiger charge is 2.39. The van der Waals surface area contributed by atoms with E-state index in [1.807, 2.05) is 23.6 Å². The van der Waals surface area contributed by atoms with E-state index in [1.165, 1.54) is 12.8 Å². The van der Waals surface area contributed by atoms with E-state index in [1.54, 1.807) is 11.3 Å². The Labute approximate surface area is 140 Å². The Bertz CT molecular complexity index is 681. The summed E-state index contributed by atoms with van der Waals surface area (Å²) in [7, 11) is 2.18. The van der Waals surface area contributed by atoms with Crippen LogP contribution in [0.3, 0.4) is 0 Å². The maximum atomic E-state index is 12.9. The van der Waals surface area contributed by atoms with E-state index in [-0.39, 0.29) is 5.91 Å². The minimum Gasteiger partial charge on any atom is -0.333 e. The van der Waals surface area contributed by atoms with E-state index in [9.17, 15) is 4.79 Å². The van der Waals surface area contributed by atoms with Crippen molar-refractivity contribution in [1.82, 2.24) is 20.0 Å². The predicted molar refractivity (Wildman–Crippen MR) is 91.6 cm³/mol. The second-order valence-corrected chi connectivity index (χ2v) is 7.49. The van der Waals surface area contributed by atoms with E-state index < -0.39 is 0 Å². The smallest absolute Gasteiger partial charge is 0.274 e. The molecule has 122 valence electrons. The van der Waals surface area contributed by atoms with Crippen molar-refractivity contribution in [3.8, 4) is 10.6 Å². The van der Waals surface area contributed by atoms with Crippen LogP contribution in [0.2, 0.25) is 0 Å². The van der Waals surface area contributed by atoms with Crippen LogP contribution < -0.4 is 0 Å². The molecular weight excluding hydrogens is 308 g/mol. The monoisotopic (exact) mass is 330 g/mol. The van der Waals surface area contributed by atoms with Crippen LogP contribution in [0.25, 0.3) is 10.6 Å². The van der Waals surface area contributed by atoms with Gasteiger partial charge in [-0.15, -0.1) is 11.3 Å². The molecule has 0 spiro atoms. The lowest BCUT2D eigenvalue weighted by Gasteiger charge is -2.32. The molecule has 0 radical (unpaired) electrons. The zero-order valence-electron chi connectivity index (χ0n) is 13.4. The van der Waals surface area contributed by atoms with Crippen molar-refractivity contribution in [2.24, 2.45) is 0 Å². The lowest BCUT2D eigenvalue weighted by atomic mass is 10.0. The van der Waals surface area contributed by atoms with Crippen LogP contribution in [0, 0.1) is 0 Å². The number of aromatic nitrogens is 2. The van der Waals surface area contributed by atoms with Crippen LogP contribution in [-0.4, -0.2) is 58.1 Å². The van der Waals surface area contributed by atoms with Gasteiger partial charge in [-0.25, -0.2) is 0 Å². The molecule has 2 aliphatic heterocycles. The molecule has 5 nitrogen and oxygen atoms in total. The van der Waals surface area contributed by atoms with Crippen LogP contribution >= 0.6 is 11.3 Å². The number of H-pyrrole nitrogens is 1. The molecule has 4 rings (SSSR count). The SMILES string of the molecule is CN1CCC[C@@H]1[C@@H]1CCCN1C(=O)c1cc(-c2cccs2)[nH]n1. The Morgan fingerprint density at radius 2 is 2.13 bits per heavy atom. The Balaban J connectivity index is 1.54. The number of thiophene rings is 1. The van der Waals surface area contributed by atoms with Crippen molar-refractivity contribution in [1.29, 1.82) is 0 Å². The summed E-state index contributed by atoms with van der Waals surface area (Å²) in [5.41, 5.74) is 1.47. The number of likely N-dealkylation sites (N-methyl/N-ethyl adjacent to an activating group) is 1. The van der Waals surface area contributed by atoms with Crippen LogP contribution in [0.15, 0.2) is 23.6 Å². The fourth-order valence-corrected chi connectivity index (χ4v) is 4.70. The Kier molecular flexibility index (Phi) is 3.95. The van der Waals surface area contributed by atoms with Crippen molar-refractivity contribution in [3.05, 3.63) is 29.3 Å². The summed E-state index contributed by atoms with van der Waals surface area (Å²) < 4.78 is 0. The Hall–Kier alpha value is -1.66. The molecule has 0 saturated carbocycles. The maximum absolute atomic E-state index is 12.9. The van der Waals surface area contributed by atoms with E-state index in [2.05, 4.69) is 27.0 Å². The van der Waals surface area contributed by atoms with Crippen LogP contribution in [0.1, 0.15) is 36.2 Å². The minimum absolute atomic E-state index is 0.0758. The Morgan fingerprint density at radius 3 is 2.87 bits per heavy atom. The first-order valence-electron chi connectivity index (χ1n) is 8.34. The van der Waals surface area contributed by atoms with Crippen LogP contribution in [-0.2, 0) is 0 Å². The predicted octanol–water partition coefficient (Wildman–Crippen LogP) is 2.84. The number of aromatic amines is 1. The highest BCUT2D eigenvalue weighted by atomic mass is 32.1. The van der Waals surface area contributed by atoms with Gasteiger partial charge in [0.2, 0.25) is 0 Å². The zero-order valence-corrected chi connectivity index (χ0v) is 14.2. The van der Waals surface area contributed by atoms with Gasteiger partial charge in [0, 0.05) is 18.6 Å². The molecule has 2 aromatic heterocycles. The molecule has 1 amide bonds. The lowest BCUT2D eigenvalue weighted by molar-refractivity contribution is 0.0658. The zero-order chi connectivity index (χ0) is 15.8. The lowest BCUT2D eigenvalue weighted by Crippen LogP contribution is -2.47. The molecule has 23 heavy (non-hydrogen) atoms. The first kappa shape index (κ1) is 14.9. The molecule has 2 aliphatic rings. The van der Waals surface area contributed by atoms with Gasteiger partial charge in [0.1, 0.15) is 0 Å². The normalized spacial score (nSPS) is 25.3. The molecule has 4 heterocycles. The number of likely N-dealkylation sites (tertiary alicyclic amines) is 2. The van der Waals surface area contributed by atoms with Crippen molar-refractivity contribution in [2.45, 2.75) is 37.8 Å². The Morgan fingerprint density at radius 1 is 1.30 bits per heavy atom. The molecule has 0 aromatic carbocycles.